The van der Waals surface area contributed by atoms with Gasteiger partial charge in [-0.25, -0.2) is 0 Å². The molecule has 0 N–H and O–H groups in total. The van der Waals surface area contributed by atoms with E-state index in [0.29, 0.717) is 0 Å². The zero-order valence-electron chi connectivity index (χ0n) is 12.7. The number of amides is 1. The third kappa shape index (κ3) is 4.08. The number of ether oxygens (including phenoxy) is 1. The van der Waals surface area contributed by atoms with Gasteiger partial charge in [0.15, 0.2) is 6.61 Å². The average molecular weight is 303 g/mol. The van der Waals surface area contributed by atoms with Crippen LogP contribution in [0.25, 0.3) is 0 Å². The molecule has 2 rings (SSSR count). The molecule has 0 radical (unpaired) electrons. The van der Waals surface area contributed by atoms with Crippen LogP contribution in [0, 0.1) is 0 Å². The lowest BCUT2D eigenvalue weighted by atomic mass is 10.2. The number of likely N-dealkylation sites (N-methyl/N-ethyl adjacent to an activating group) is 1. The summed E-state index contributed by atoms with van der Waals surface area (Å²) in [6.07, 6.45) is 1.00. The molecule has 1 unspecified atom stereocenters. The Kier molecular flexibility index (Phi) is 5.39. The number of thiophene rings is 1. The Morgan fingerprint density at radius 2 is 2.00 bits per heavy atom. The van der Waals surface area contributed by atoms with Crippen LogP contribution in [0.2, 0.25) is 0 Å². The van der Waals surface area contributed by atoms with Gasteiger partial charge in [0.25, 0.3) is 5.91 Å². The van der Waals surface area contributed by atoms with Crippen molar-refractivity contribution in [3.8, 4) is 5.75 Å². The van der Waals surface area contributed by atoms with Crippen molar-refractivity contribution >= 4 is 17.2 Å². The number of benzene rings is 1. The van der Waals surface area contributed by atoms with Gasteiger partial charge in [0.1, 0.15) is 5.75 Å². The van der Waals surface area contributed by atoms with Crippen molar-refractivity contribution in [3.05, 3.63) is 52.2 Å². The van der Waals surface area contributed by atoms with E-state index in [2.05, 4.69) is 6.92 Å². The fraction of sp³-hybridized carbons (Fsp3) is 0.353. The van der Waals surface area contributed by atoms with E-state index in [-0.39, 0.29) is 18.6 Å². The average Bonchev–Trinajstić information content (AvgIpc) is 3.06. The molecule has 21 heavy (non-hydrogen) atoms. The minimum Gasteiger partial charge on any atom is -0.484 e. The summed E-state index contributed by atoms with van der Waals surface area (Å²) in [5, 5.41) is 2.02. The summed E-state index contributed by atoms with van der Waals surface area (Å²) in [5.41, 5.74) is 1.26. The standard InChI is InChI=1S/C17H21NO2S/c1-4-14-7-9-15(10-8-14)20-12-17(19)18(3)13(2)16-6-5-11-21-16/h5-11,13H,4,12H2,1-3H3. The Morgan fingerprint density at radius 3 is 2.57 bits per heavy atom. The largest absolute Gasteiger partial charge is 0.484 e. The van der Waals surface area contributed by atoms with E-state index in [1.165, 1.54) is 10.4 Å². The van der Waals surface area contributed by atoms with Crippen LogP contribution in [0.15, 0.2) is 41.8 Å². The molecule has 1 aromatic carbocycles. The summed E-state index contributed by atoms with van der Waals surface area (Å²) in [6, 6.07) is 12.0. The van der Waals surface area contributed by atoms with Crippen LogP contribution in [-0.4, -0.2) is 24.5 Å². The Labute approximate surface area is 130 Å². The SMILES string of the molecule is CCc1ccc(OCC(=O)N(C)C(C)c2cccs2)cc1. The van der Waals surface area contributed by atoms with Gasteiger partial charge in [-0.3, -0.25) is 4.79 Å². The summed E-state index contributed by atoms with van der Waals surface area (Å²) in [4.78, 5) is 15.1. The van der Waals surface area contributed by atoms with Crippen molar-refractivity contribution in [2.45, 2.75) is 26.3 Å². The van der Waals surface area contributed by atoms with Crippen LogP contribution in [0.4, 0.5) is 0 Å². The van der Waals surface area contributed by atoms with Crippen molar-refractivity contribution in [3.63, 3.8) is 0 Å². The quantitative estimate of drug-likeness (QED) is 0.810. The van der Waals surface area contributed by atoms with E-state index in [1.54, 1.807) is 16.2 Å². The number of rotatable bonds is 6. The molecule has 4 heteroatoms. The fourth-order valence-electron chi connectivity index (χ4n) is 2.00. The Morgan fingerprint density at radius 1 is 1.29 bits per heavy atom. The maximum Gasteiger partial charge on any atom is 0.260 e. The molecule has 1 amide bonds. The van der Waals surface area contributed by atoms with Gasteiger partial charge in [0, 0.05) is 11.9 Å². The van der Waals surface area contributed by atoms with Crippen LogP contribution in [-0.2, 0) is 11.2 Å². The highest BCUT2D eigenvalue weighted by Gasteiger charge is 2.18. The molecule has 0 saturated heterocycles. The highest BCUT2D eigenvalue weighted by atomic mass is 32.1. The van der Waals surface area contributed by atoms with Crippen LogP contribution in [0.5, 0.6) is 5.75 Å². The van der Waals surface area contributed by atoms with Crippen molar-refractivity contribution in [2.24, 2.45) is 0 Å². The van der Waals surface area contributed by atoms with Crippen molar-refractivity contribution in [1.82, 2.24) is 4.90 Å². The second kappa shape index (κ2) is 7.27. The van der Waals surface area contributed by atoms with E-state index < -0.39 is 0 Å². The topological polar surface area (TPSA) is 29.5 Å². The first-order chi connectivity index (χ1) is 10.1. The number of nitrogens with zero attached hydrogens (tertiary/aromatic N) is 1. The smallest absolute Gasteiger partial charge is 0.260 e. The molecule has 112 valence electrons. The minimum atomic E-state index is -0.0181. The predicted octanol–water partition coefficient (Wildman–Crippen LogP) is 3.91. The summed E-state index contributed by atoms with van der Waals surface area (Å²) in [7, 11) is 1.82. The zero-order valence-corrected chi connectivity index (χ0v) is 13.5. The van der Waals surface area contributed by atoms with Crippen LogP contribution in [0.1, 0.15) is 30.3 Å². The van der Waals surface area contributed by atoms with E-state index in [9.17, 15) is 4.79 Å². The third-order valence-electron chi connectivity index (χ3n) is 3.62. The van der Waals surface area contributed by atoms with Gasteiger partial charge in [-0.15, -0.1) is 11.3 Å². The molecule has 3 nitrogen and oxygen atoms in total. The first-order valence-corrected chi connectivity index (χ1v) is 8.00. The zero-order chi connectivity index (χ0) is 15.2. The lowest BCUT2D eigenvalue weighted by Crippen LogP contribution is -2.33. The highest BCUT2D eigenvalue weighted by molar-refractivity contribution is 7.10. The third-order valence-corrected chi connectivity index (χ3v) is 4.67. The predicted molar refractivity (Wildman–Crippen MR) is 86.8 cm³/mol. The maximum atomic E-state index is 12.2. The van der Waals surface area contributed by atoms with Gasteiger partial charge in [-0.05, 0) is 42.5 Å². The maximum absolute atomic E-state index is 12.2. The number of hydrogen-bond acceptors (Lipinski definition) is 3. The number of aryl methyl sites for hydroxylation is 1. The van der Waals surface area contributed by atoms with Crippen LogP contribution in [0.3, 0.4) is 0 Å². The van der Waals surface area contributed by atoms with Gasteiger partial charge in [0.05, 0.1) is 6.04 Å². The highest BCUT2D eigenvalue weighted by Crippen LogP contribution is 2.23. The Bertz CT molecular complexity index is 563. The molecule has 0 fully saturated rings. The normalized spacial score (nSPS) is 12.0. The van der Waals surface area contributed by atoms with E-state index in [1.807, 2.05) is 55.7 Å². The molecule has 1 heterocycles. The van der Waals surface area contributed by atoms with Gasteiger partial charge >= 0.3 is 0 Å². The fourth-order valence-corrected chi connectivity index (χ4v) is 2.83. The molecule has 0 aliphatic rings. The Balaban J connectivity index is 1.88. The minimum absolute atomic E-state index is 0.0181. The summed E-state index contributed by atoms with van der Waals surface area (Å²) >= 11 is 1.66. The summed E-state index contributed by atoms with van der Waals surface area (Å²) in [5.74, 6) is 0.716. The molecule has 0 aliphatic heterocycles. The van der Waals surface area contributed by atoms with Crippen molar-refractivity contribution < 1.29 is 9.53 Å². The van der Waals surface area contributed by atoms with E-state index >= 15 is 0 Å². The second-order valence-electron chi connectivity index (χ2n) is 4.98. The van der Waals surface area contributed by atoms with Crippen LogP contribution >= 0.6 is 11.3 Å². The number of carbonyl (C=O) groups is 1. The molecule has 0 bridgehead atoms. The lowest BCUT2D eigenvalue weighted by Gasteiger charge is -2.24. The molecule has 1 aromatic heterocycles. The molecule has 2 aromatic rings. The van der Waals surface area contributed by atoms with E-state index in [0.717, 1.165) is 12.2 Å². The van der Waals surface area contributed by atoms with Gasteiger partial charge in [-0.2, -0.15) is 0 Å². The Hall–Kier alpha value is -1.81. The van der Waals surface area contributed by atoms with Crippen molar-refractivity contribution in [1.29, 1.82) is 0 Å². The van der Waals surface area contributed by atoms with Crippen LogP contribution < -0.4 is 4.74 Å². The molecule has 0 saturated carbocycles. The summed E-state index contributed by atoms with van der Waals surface area (Å²) in [6.45, 7) is 4.21. The van der Waals surface area contributed by atoms with Gasteiger partial charge in [-0.1, -0.05) is 25.1 Å². The van der Waals surface area contributed by atoms with Crippen molar-refractivity contribution in [2.75, 3.05) is 13.7 Å². The molecule has 0 spiro atoms. The number of carbonyl (C=O) groups excluding carboxylic acids is 1. The molecule has 1 atom stereocenters. The first kappa shape index (κ1) is 15.6. The molecular weight excluding hydrogens is 282 g/mol. The monoisotopic (exact) mass is 303 g/mol. The van der Waals surface area contributed by atoms with Gasteiger partial charge < -0.3 is 9.64 Å². The first-order valence-electron chi connectivity index (χ1n) is 7.12. The van der Waals surface area contributed by atoms with Gasteiger partial charge in [0.2, 0.25) is 0 Å². The van der Waals surface area contributed by atoms with E-state index in [4.69, 9.17) is 4.74 Å². The second-order valence-corrected chi connectivity index (χ2v) is 5.96. The number of hydrogen-bond donors (Lipinski definition) is 0. The lowest BCUT2D eigenvalue weighted by molar-refractivity contribution is -0.133. The summed E-state index contributed by atoms with van der Waals surface area (Å²) < 4.78 is 5.57. The molecular formula is C17H21NO2S. The molecule has 0 aliphatic carbocycles.